The molecule has 106 valence electrons. The van der Waals surface area contributed by atoms with Crippen LogP contribution in [0.2, 0.25) is 0 Å². The van der Waals surface area contributed by atoms with E-state index in [-0.39, 0.29) is 0 Å². The van der Waals surface area contributed by atoms with E-state index in [2.05, 4.69) is 33.0 Å². The van der Waals surface area contributed by atoms with E-state index in [1.165, 1.54) is 5.56 Å². The van der Waals surface area contributed by atoms with Crippen LogP contribution in [0.5, 0.6) is 0 Å². The molecule has 0 spiro atoms. The Morgan fingerprint density at radius 1 is 1.32 bits per heavy atom. The second kappa shape index (κ2) is 6.44. The Labute approximate surface area is 116 Å². The van der Waals surface area contributed by atoms with Crippen LogP contribution in [0.15, 0.2) is 0 Å². The van der Waals surface area contributed by atoms with E-state index in [0.717, 1.165) is 49.9 Å². The van der Waals surface area contributed by atoms with Gasteiger partial charge in [0.2, 0.25) is 0 Å². The van der Waals surface area contributed by atoms with Crippen molar-refractivity contribution in [2.75, 3.05) is 26.3 Å². The molecule has 4 heteroatoms. The Hall–Kier alpha value is -1.00. The van der Waals surface area contributed by atoms with Gasteiger partial charge in [-0.15, -0.1) is 0 Å². The van der Waals surface area contributed by atoms with Crippen LogP contribution in [0.25, 0.3) is 0 Å². The van der Waals surface area contributed by atoms with Gasteiger partial charge in [-0.3, -0.25) is 0 Å². The molecule has 1 aromatic heterocycles. The van der Waals surface area contributed by atoms with Gasteiger partial charge in [-0.05, 0) is 38.3 Å². The predicted molar refractivity (Wildman–Crippen MR) is 76.6 cm³/mol. The van der Waals surface area contributed by atoms with E-state index >= 15 is 0 Å². The van der Waals surface area contributed by atoms with E-state index in [1.807, 2.05) is 0 Å². The summed E-state index contributed by atoms with van der Waals surface area (Å²) in [5, 5.41) is 3.40. The van der Waals surface area contributed by atoms with Crippen LogP contribution in [0.4, 0.5) is 0 Å². The summed E-state index contributed by atoms with van der Waals surface area (Å²) >= 11 is 0. The molecule has 0 amide bonds. The molecule has 1 aromatic rings. The number of nitrogens with one attached hydrogen (secondary N) is 1. The zero-order valence-corrected chi connectivity index (χ0v) is 12.5. The highest BCUT2D eigenvalue weighted by molar-refractivity contribution is 5.29. The molecule has 4 nitrogen and oxygen atoms in total. The highest BCUT2D eigenvalue weighted by Crippen LogP contribution is 2.26. The number of ether oxygens (including phenoxy) is 1. The summed E-state index contributed by atoms with van der Waals surface area (Å²) in [6, 6.07) is 0. The minimum absolute atomic E-state index is 0.385. The van der Waals surface area contributed by atoms with E-state index in [4.69, 9.17) is 14.7 Å². The lowest BCUT2D eigenvalue weighted by Crippen LogP contribution is -2.22. The molecule has 19 heavy (non-hydrogen) atoms. The van der Waals surface area contributed by atoms with Gasteiger partial charge in [0.1, 0.15) is 5.82 Å². The van der Waals surface area contributed by atoms with Gasteiger partial charge >= 0.3 is 0 Å². The van der Waals surface area contributed by atoms with Crippen LogP contribution in [0.1, 0.15) is 54.9 Å². The normalized spacial score (nSPS) is 20.7. The van der Waals surface area contributed by atoms with Crippen molar-refractivity contribution >= 4 is 0 Å². The monoisotopic (exact) mass is 263 g/mol. The van der Waals surface area contributed by atoms with Gasteiger partial charge in [0, 0.05) is 30.5 Å². The highest BCUT2D eigenvalue weighted by atomic mass is 16.5. The molecule has 2 heterocycles. The van der Waals surface area contributed by atoms with E-state index in [9.17, 15) is 0 Å². The second-order valence-corrected chi connectivity index (χ2v) is 5.44. The van der Waals surface area contributed by atoms with Gasteiger partial charge in [0.25, 0.3) is 0 Å². The Balaban J connectivity index is 2.21. The Bertz CT molecular complexity index is 404. The van der Waals surface area contributed by atoms with Gasteiger partial charge < -0.3 is 10.1 Å². The molecule has 0 radical (unpaired) electrons. The Morgan fingerprint density at radius 2 is 2.00 bits per heavy atom. The van der Waals surface area contributed by atoms with Crippen LogP contribution in [-0.4, -0.2) is 36.3 Å². The smallest absolute Gasteiger partial charge is 0.134 e. The third-order valence-electron chi connectivity index (χ3n) is 3.83. The van der Waals surface area contributed by atoms with Crippen molar-refractivity contribution in [2.24, 2.45) is 0 Å². The van der Waals surface area contributed by atoms with Crippen molar-refractivity contribution in [3.05, 3.63) is 22.8 Å². The van der Waals surface area contributed by atoms with Gasteiger partial charge in [-0.25, -0.2) is 9.97 Å². The molecule has 1 aliphatic heterocycles. The highest BCUT2D eigenvalue weighted by Gasteiger charge is 2.23. The lowest BCUT2D eigenvalue weighted by molar-refractivity contribution is 0.193. The molecule has 0 saturated carbocycles. The standard InChI is InChI=1S/C15H25N3O/c1-5-16-8-10(2)14-11(3)17-15(18-12(14)4)13-6-7-19-9-13/h10,13,16H,5-9H2,1-4H3. The number of aromatic nitrogens is 2. The van der Waals surface area contributed by atoms with Crippen molar-refractivity contribution in [3.8, 4) is 0 Å². The predicted octanol–water partition coefficient (Wildman–Crippen LogP) is 2.31. The molecule has 0 bridgehead atoms. The summed E-state index contributed by atoms with van der Waals surface area (Å²) in [6.45, 7) is 12.2. The second-order valence-electron chi connectivity index (χ2n) is 5.44. The Kier molecular flexibility index (Phi) is 4.88. The van der Waals surface area contributed by atoms with Crippen LogP contribution in [0.3, 0.4) is 0 Å². The van der Waals surface area contributed by atoms with Gasteiger partial charge in [-0.2, -0.15) is 0 Å². The molecule has 1 saturated heterocycles. The third-order valence-corrected chi connectivity index (χ3v) is 3.83. The molecular weight excluding hydrogens is 238 g/mol. The van der Waals surface area contributed by atoms with Crippen LogP contribution in [0, 0.1) is 13.8 Å². The van der Waals surface area contributed by atoms with Crippen molar-refractivity contribution in [1.82, 2.24) is 15.3 Å². The lowest BCUT2D eigenvalue weighted by Gasteiger charge is -2.18. The maximum atomic E-state index is 5.43. The number of aryl methyl sites for hydroxylation is 2. The van der Waals surface area contributed by atoms with Crippen LogP contribution < -0.4 is 5.32 Å². The van der Waals surface area contributed by atoms with Crippen molar-refractivity contribution in [1.29, 1.82) is 0 Å². The van der Waals surface area contributed by atoms with E-state index in [0.29, 0.717) is 11.8 Å². The van der Waals surface area contributed by atoms with Crippen molar-refractivity contribution in [3.63, 3.8) is 0 Å². The number of nitrogens with zero attached hydrogens (tertiary/aromatic N) is 2. The molecule has 1 aliphatic rings. The fourth-order valence-corrected chi connectivity index (χ4v) is 2.85. The quantitative estimate of drug-likeness (QED) is 0.885. The maximum Gasteiger partial charge on any atom is 0.134 e. The summed E-state index contributed by atoms with van der Waals surface area (Å²) in [5.74, 6) is 1.80. The summed E-state index contributed by atoms with van der Waals surface area (Å²) in [6.07, 6.45) is 1.05. The first kappa shape index (κ1) is 14.4. The van der Waals surface area contributed by atoms with E-state index in [1.54, 1.807) is 0 Å². The minimum atomic E-state index is 0.385. The van der Waals surface area contributed by atoms with Crippen molar-refractivity contribution in [2.45, 2.75) is 46.0 Å². The topological polar surface area (TPSA) is 47.0 Å². The molecule has 2 atom stereocenters. The van der Waals surface area contributed by atoms with Gasteiger partial charge in [0.15, 0.2) is 0 Å². The zero-order chi connectivity index (χ0) is 13.8. The minimum Gasteiger partial charge on any atom is -0.381 e. The molecule has 2 rings (SSSR count). The number of hydrogen-bond acceptors (Lipinski definition) is 4. The number of hydrogen-bond donors (Lipinski definition) is 1. The number of likely N-dealkylation sites (N-methyl/N-ethyl adjacent to an activating group) is 1. The number of rotatable bonds is 5. The molecule has 0 aromatic carbocycles. The summed E-state index contributed by atoms with van der Waals surface area (Å²) in [5.41, 5.74) is 3.54. The Morgan fingerprint density at radius 3 is 2.53 bits per heavy atom. The van der Waals surface area contributed by atoms with Gasteiger partial charge in [-0.1, -0.05) is 13.8 Å². The molecule has 1 N–H and O–H groups in total. The lowest BCUT2D eigenvalue weighted by atomic mass is 9.97. The SMILES string of the molecule is CCNCC(C)c1c(C)nc(C2CCOC2)nc1C. The zero-order valence-electron chi connectivity index (χ0n) is 12.5. The fourth-order valence-electron chi connectivity index (χ4n) is 2.85. The summed E-state index contributed by atoms with van der Waals surface area (Å²) < 4.78 is 5.43. The first-order valence-corrected chi connectivity index (χ1v) is 7.27. The van der Waals surface area contributed by atoms with E-state index < -0.39 is 0 Å². The molecule has 0 aliphatic carbocycles. The molecule has 2 unspecified atom stereocenters. The van der Waals surface area contributed by atoms with Gasteiger partial charge in [0.05, 0.1) is 6.61 Å². The molecule has 1 fully saturated rings. The summed E-state index contributed by atoms with van der Waals surface area (Å²) in [4.78, 5) is 9.45. The van der Waals surface area contributed by atoms with Crippen molar-refractivity contribution < 1.29 is 4.74 Å². The van der Waals surface area contributed by atoms with Crippen LogP contribution in [-0.2, 0) is 4.74 Å². The maximum absolute atomic E-state index is 5.43. The fraction of sp³-hybridized carbons (Fsp3) is 0.733. The third kappa shape index (κ3) is 3.31. The first-order valence-electron chi connectivity index (χ1n) is 7.27. The molecular formula is C15H25N3O. The average molecular weight is 263 g/mol. The largest absolute Gasteiger partial charge is 0.381 e. The first-order chi connectivity index (χ1) is 9.13. The summed E-state index contributed by atoms with van der Waals surface area (Å²) in [7, 11) is 0. The van der Waals surface area contributed by atoms with Crippen LogP contribution >= 0.6 is 0 Å². The average Bonchev–Trinajstić information content (AvgIpc) is 2.89.